The number of anilines is 1. The number of halogens is 1. The van der Waals surface area contributed by atoms with Gasteiger partial charge in [0.05, 0.1) is 17.8 Å². The largest absolute Gasteiger partial charge is 0.478 e. The predicted octanol–water partition coefficient (Wildman–Crippen LogP) is 1.97. The van der Waals surface area contributed by atoms with E-state index in [1.807, 2.05) is 13.8 Å². The molecule has 0 aliphatic heterocycles. The Hall–Kier alpha value is -1.59. The van der Waals surface area contributed by atoms with Crippen molar-refractivity contribution < 1.29 is 14.7 Å². The molecule has 0 aromatic heterocycles. The Morgan fingerprint density at radius 1 is 1.39 bits per heavy atom. The molecule has 0 heterocycles. The summed E-state index contributed by atoms with van der Waals surface area (Å²) in [6.07, 6.45) is 0. The lowest BCUT2D eigenvalue weighted by atomic mass is 10.2. The summed E-state index contributed by atoms with van der Waals surface area (Å²) in [4.78, 5) is 22.6. The summed E-state index contributed by atoms with van der Waals surface area (Å²) >= 11 is 5.77. The zero-order valence-electron chi connectivity index (χ0n) is 10.2. The molecule has 1 aromatic rings. The minimum absolute atomic E-state index is 0.0114. The maximum absolute atomic E-state index is 11.6. The van der Waals surface area contributed by atoms with Crippen molar-refractivity contribution in [3.05, 3.63) is 28.8 Å². The van der Waals surface area contributed by atoms with Gasteiger partial charge in [-0.1, -0.05) is 25.4 Å². The second-order valence-electron chi connectivity index (χ2n) is 4.08. The summed E-state index contributed by atoms with van der Waals surface area (Å²) in [6, 6.07) is 4.41. The van der Waals surface area contributed by atoms with E-state index in [4.69, 9.17) is 16.7 Å². The van der Waals surface area contributed by atoms with Crippen LogP contribution in [-0.4, -0.2) is 29.6 Å². The minimum atomic E-state index is -1.11. The van der Waals surface area contributed by atoms with Crippen molar-refractivity contribution in [3.63, 3.8) is 0 Å². The maximum Gasteiger partial charge on any atom is 0.337 e. The first-order valence-corrected chi connectivity index (χ1v) is 5.84. The van der Waals surface area contributed by atoms with E-state index in [0.717, 1.165) is 0 Å². The smallest absolute Gasteiger partial charge is 0.337 e. The second-order valence-corrected chi connectivity index (χ2v) is 4.52. The lowest BCUT2D eigenvalue weighted by Crippen LogP contribution is -2.33. The van der Waals surface area contributed by atoms with Crippen LogP contribution in [0.5, 0.6) is 0 Å². The number of benzene rings is 1. The normalized spacial score (nSPS) is 10.4. The van der Waals surface area contributed by atoms with Gasteiger partial charge in [-0.05, 0) is 18.2 Å². The number of hydrogen-bond acceptors (Lipinski definition) is 3. The number of aromatic carboxylic acids is 1. The number of rotatable bonds is 5. The average Bonchev–Trinajstić information content (AvgIpc) is 2.26. The predicted molar refractivity (Wildman–Crippen MR) is 70.2 cm³/mol. The van der Waals surface area contributed by atoms with Crippen molar-refractivity contribution in [1.29, 1.82) is 0 Å². The maximum atomic E-state index is 11.6. The molecule has 6 heteroatoms. The van der Waals surface area contributed by atoms with Gasteiger partial charge in [-0.25, -0.2) is 4.79 Å². The van der Waals surface area contributed by atoms with Crippen LogP contribution in [0.1, 0.15) is 24.2 Å². The molecule has 0 saturated carbocycles. The van der Waals surface area contributed by atoms with Crippen LogP contribution >= 0.6 is 11.6 Å². The second kappa shape index (κ2) is 6.37. The summed E-state index contributed by atoms with van der Waals surface area (Å²) < 4.78 is 0. The van der Waals surface area contributed by atoms with Gasteiger partial charge in [0.2, 0.25) is 5.91 Å². The van der Waals surface area contributed by atoms with Gasteiger partial charge in [-0.15, -0.1) is 0 Å². The van der Waals surface area contributed by atoms with Gasteiger partial charge in [-0.3, -0.25) is 4.79 Å². The average molecular weight is 271 g/mol. The molecule has 0 radical (unpaired) electrons. The SMILES string of the molecule is CC(C)NCC(=O)Nc1cc(Cl)ccc1C(=O)O. The Kier molecular flexibility index (Phi) is 5.12. The molecular weight excluding hydrogens is 256 g/mol. The third-order valence-electron chi connectivity index (χ3n) is 2.16. The molecule has 3 N–H and O–H groups in total. The van der Waals surface area contributed by atoms with Crippen LogP contribution in [0.3, 0.4) is 0 Å². The Bertz CT molecular complexity index is 461. The van der Waals surface area contributed by atoms with Gasteiger partial charge >= 0.3 is 5.97 Å². The van der Waals surface area contributed by atoms with Crippen LogP contribution < -0.4 is 10.6 Å². The van der Waals surface area contributed by atoms with Gasteiger partial charge in [0.25, 0.3) is 0 Å². The number of carboxylic acids is 1. The zero-order valence-corrected chi connectivity index (χ0v) is 10.9. The Balaban J connectivity index is 2.79. The first kappa shape index (κ1) is 14.5. The van der Waals surface area contributed by atoms with Crippen LogP contribution in [0, 0.1) is 0 Å². The molecule has 1 rings (SSSR count). The molecule has 0 atom stereocenters. The molecule has 1 amide bonds. The van der Waals surface area contributed by atoms with Crippen LogP contribution in [0.15, 0.2) is 18.2 Å². The Labute approximate surface area is 110 Å². The first-order chi connectivity index (χ1) is 8.40. The molecule has 5 nitrogen and oxygen atoms in total. The van der Waals surface area contributed by atoms with Crippen molar-refractivity contribution in [2.75, 3.05) is 11.9 Å². The number of carboxylic acid groups (broad SMARTS) is 1. The standard InChI is InChI=1S/C12H15ClN2O3/c1-7(2)14-6-11(16)15-10-5-8(13)3-4-9(10)12(17)18/h3-5,7,14H,6H2,1-2H3,(H,15,16)(H,17,18). The van der Waals surface area contributed by atoms with Crippen molar-refractivity contribution >= 4 is 29.2 Å². The highest BCUT2D eigenvalue weighted by atomic mass is 35.5. The van der Waals surface area contributed by atoms with Crippen LogP contribution in [0.2, 0.25) is 5.02 Å². The molecule has 0 aliphatic rings. The van der Waals surface area contributed by atoms with Crippen molar-refractivity contribution in [1.82, 2.24) is 5.32 Å². The van der Waals surface area contributed by atoms with E-state index in [-0.39, 0.29) is 29.7 Å². The van der Waals surface area contributed by atoms with E-state index < -0.39 is 5.97 Å². The summed E-state index contributed by atoms with van der Waals surface area (Å²) in [5.74, 6) is -1.42. The fourth-order valence-electron chi connectivity index (χ4n) is 1.30. The number of amides is 1. The molecule has 18 heavy (non-hydrogen) atoms. The van der Waals surface area contributed by atoms with E-state index in [1.165, 1.54) is 18.2 Å². The lowest BCUT2D eigenvalue weighted by molar-refractivity contribution is -0.115. The van der Waals surface area contributed by atoms with Gasteiger partial charge in [0, 0.05) is 11.1 Å². The van der Waals surface area contributed by atoms with Crippen molar-refractivity contribution in [2.45, 2.75) is 19.9 Å². The highest BCUT2D eigenvalue weighted by Gasteiger charge is 2.12. The molecule has 1 aromatic carbocycles. The van der Waals surface area contributed by atoms with E-state index in [9.17, 15) is 9.59 Å². The molecule has 0 saturated heterocycles. The number of hydrogen-bond donors (Lipinski definition) is 3. The first-order valence-electron chi connectivity index (χ1n) is 5.46. The van der Waals surface area contributed by atoms with E-state index in [1.54, 1.807) is 0 Å². The summed E-state index contributed by atoms with van der Waals surface area (Å²) in [6.45, 7) is 3.94. The van der Waals surface area contributed by atoms with Crippen molar-refractivity contribution in [3.8, 4) is 0 Å². The molecule has 0 bridgehead atoms. The van der Waals surface area contributed by atoms with Gasteiger partial charge < -0.3 is 15.7 Å². The molecular formula is C12H15ClN2O3. The fraction of sp³-hybridized carbons (Fsp3) is 0.333. The third kappa shape index (κ3) is 4.35. The van der Waals surface area contributed by atoms with E-state index in [0.29, 0.717) is 5.02 Å². The van der Waals surface area contributed by atoms with E-state index >= 15 is 0 Å². The van der Waals surface area contributed by atoms with Gasteiger partial charge in [0.15, 0.2) is 0 Å². The zero-order chi connectivity index (χ0) is 13.7. The monoisotopic (exact) mass is 270 g/mol. The van der Waals surface area contributed by atoms with Crippen LogP contribution in [0.25, 0.3) is 0 Å². The van der Waals surface area contributed by atoms with Crippen LogP contribution in [0.4, 0.5) is 5.69 Å². The Morgan fingerprint density at radius 3 is 2.61 bits per heavy atom. The van der Waals surface area contributed by atoms with Crippen LogP contribution in [-0.2, 0) is 4.79 Å². The Morgan fingerprint density at radius 2 is 2.06 bits per heavy atom. The minimum Gasteiger partial charge on any atom is -0.478 e. The summed E-state index contributed by atoms with van der Waals surface area (Å²) in [5, 5.41) is 14.8. The highest BCUT2D eigenvalue weighted by molar-refractivity contribution is 6.31. The number of nitrogens with one attached hydrogen (secondary N) is 2. The summed E-state index contributed by atoms with van der Waals surface area (Å²) in [5.41, 5.74) is 0.211. The lowest BCUT2D eigenvalue weighted by Gasteiger charge is -2.11. The third-order valence-corrected chi connectivity index (χ3v) is 2.39. The number of carbonyl (C=O) groups excluding carboxylic acids is 1. The van der Waals surface area contributed by atoms with Gasteiger partial charge in [-0.2, -0.15) is 0 Å². The quantitative estimate of drug-likeness (QED) is 0.764. The highest BCUT2D eigenvalue weighted by Crippen LogP contribution is 2.21. The fourth-order valence-corrected chi connectivity index (χ4v) is 1.47. The molecule has 98 valence electrons. The molecule has 0 unspecified atom stereocenters. The van der Waals surface area contributed by atoms with Crippen molar-refractivity contribution in [2.24, 2.45) is 0 Å². The van der Waals surface area contributed by atoms with E-state index in [2.05, 4.69) is 10.6 Å². The molecule has 0 fully saturated rings. The molecule has 0 aliphatic carbocycles. The molecule has 0 spiro atoms. The number of carbonyl (C=O) groups is 2. The van der Waals surface area contributed by atoms with Gasteiger partial charge in [0.1, 0.15) is 0 Å². The summed E-state index contributed by atoms with van der Waals surface area (Å²) in [7, 11) is 0. The topological polar surface area (TPSA) is 78.4 Å².